The lowest BCUT2D eigenvalue weighted by atomic mass is 10.1. The van der Waals surface area contributed by atoms with Crippen LogP contribution in [0.4, 0.5) is 0 Å². The number of rotatable bonds is 4. The van der Waals surface area contributed by atoms with Crippen LogP contribution in [0, 0.1) is 6.92 Å². The summed E-state index contributed by atoms with van der Waals surface area (Å²) in [7, 11) is 1.52. The molecule has 134 valence electrons. The third-order valence-corrected chi connectivity index (χ3v) is 4.88. The standard InChI is InChI=1S/C19H15Cl2NO4/c1-10-12(9-17(23)24)13-8-11(26-2)6-7-16(13)22(10)19(25)18-14(20)4-3-5-15(18)21/h3-8H,9H2,1-2H3,(H,23,24). The van der Waals surface area contributed by atoms with Gasteiger partial charge in [-0.2, -0.15) is 0 Å². The molecular formula is C19H15Cl2NO4. The number of methoxy groups -OCH3 is 1. The van der Waals surface area contributed by atoms with E-state index >= 15 is 0 Å². The summed E-state index contributed by atoms with van der Waals surface area (Å²) < 4.78 is 6.68. The Balaban J connectivity index is 2.31. The minimum absolute atomic E-state index is 0.175. The zero-order valence-corrected chi connectivity index (χ0v) is 15.6. The number of carboxylic acid groups (broad SMARTS) is 1. The van der Waals surface area contributed by atoms with Crippen molar-refractivity contribution in [2.24, 2.45) is 0 Å². The average Bonchev–Trinajstić information content (AvgIpc) is 2.85. The highest BCUT2D eigenvalue weighted by molar-refractivity contribution is 6.40. The van der Waals surface area contributed by atoms with Crippen LogP contribution in [0.25, 0.3) is 10.9 Å². The largest absolute Gasteiger partial charge is 0.497 e. The number of nitrogens with zero attached hydrogens (tertiary/aromatic N) is 1. The molecule has 0 saturated heterocycles. The van der Waals surface area contributed by atoms with Crippen LogP contribution < -0.4 is 4.74 Å². The highest BCUT2D eigenvalue weighted by Gasteiger charge is 2.24. The first-order valence-corrected chi connectivity index (χ1v) is 8.49. The maximum Gasteiger partial charge on any atom is 0.307 e. The van der Waals surface area contributed by atoms with Crippen LogP contribution in [-0.4, -0.2) is 28.7 Å². The summed E-state index contributed by atoms with van der Waals surface area (Å²) in [6.45, 7) is 1.70. The van der Waals surface area contributed by atoms with Gasteiger partial charge in [0, 0.05) is 11.1 Å². The fourth-order valence-electron chi connectivity index (χ4n) is 3.04. The number of carbonyl (C=O) groups excluding carboxylic acids is 1. The number of halogens is 2. The molecule has 0 aliphatic carbocycles. The summed E-state index contributed by atoms with van der Waals surface area (Å²) in [5.41, 5.74) is 1.81. The lowest BCUT2D eigenvalue weighted by Gasteiger charge is -2.10. The van der Waals surface area contributed by atoms with Gasteiger partial charge in [0.05, 0.1) is 34.7 Å². The fourth-order valence-corrected chi connectivity index (χ4v) is 3.60. The maximum atomic E-state index is 13.2. The number of hydrogen-bond acceptors (Lipinski definition) is 3. The van der Waals surface area contributed by atoms with E-state index in [2.05, 4.69) is 0 Å². The molecule has 0 spiro atoms. The molecule has 0 radical (unpaired) electrons. The molecule has 0 fully saturated rings. The van der Waals surface area contributed by atoms with E-state index in [1.807, 2.05) is 0 Å². The van der Waals surface area contributed by atoms with E-state index in [-0.39, 0.29) is 22.0 Å². The molecular weight excluding hydrogens is 377 g/mol. The number of fused-ring (bicyclic) bond motifs is 1. The minimum atomic E-state index is -0.988. The zero-order valence-electron chi connectivity index (χ0n) is 14.0. The van der Waals surface area contributed by atoms with Crippen molar-refractivity contribution in [3.63, 3.8) is 0 Å². The van der Waals surface area contributed by atoms with E-state index in [9.17, 15) is 14.7 Å². The lowest BCUT2D eigenvalue weighted by molar-refractivity contribution is -0.136. The monoisotopic (exact) mass is 391 g/mol. The van der Waals surface area contributed by atoms with Crippen molar-refractivity contribution in [1.29, 1.82) is 0 Å². The van der Waals surface area contributed by atoms with Crippen LogP contribution in [0.2, 0.25) is 10.0 Å². The van der Waals surface area contributed by atoms with Crippen molar-refractivity contribution in [2.45, 2.75) is 13.3 Å². The predicted molar refractivity (Wildman–Crippen MR) is 101 cm³/mol. The van der Waals surface area contributed by atoms with Gasteiger partial charge in [-0.3, -0.25) is 14.2 Å². The Hall–Kier alpha value is -2.50. The molecule has 3 rings (SSSR count). The van der Waals surface area contributed by atoms with Gasteiger partial charge < -0.3 is 9.84 Å². The minimum Gasteiger partial charge on any atom is -0.497 e. The van der Waals surface area contributed by atoms with Gasteiger partial charge in [0.1, 0.15) is 5.75 Å². The maximum absolute atomic E-state index is 13.2. The Morgan fingerprint density at radius 1 is 1.15 bits per heavy atom. The van der Waals surface area contributed by atoms with Gasteiger partial charge in [0.25, 0.3) is 5.91 Å². The van der Waals surface area contributed by atoms with Gasteiger partial charge in [-0.05, 0) is 42.8 Å². The van der Waals surface area contributed by atoms with Gasteiger partial charge in [0.15, 0.2) is 0 Å². The number of carbonyl (C=O) groups is 2. The summed E-state index contributed by atoms with van der Waals surface area (Å²) in [6.07, 6.45) is -0.216. The topological polar surface area (TPSA) is 68.5 Å². The van der Waals surface area contributed by atoms with Crippen molar-refractivity contribution < 1.29 is 19.4 Å². The number of aromatic nitrogens is 1. The summed E-state index contributed by atoms with van der Waals surface area (Å²) in [6, 6.07) is 9.98. The van der Waals surface area contributed by atoms with Crippen molar-refractivity contribution in [3.05, 3.63) is 63.3 Å². The highest BCUT2D eigenvalue weighted by atomic mass is 35.5. The fraction of sp³-hybridized carbons (Fsp3) is 0.158. The second kappa shape index (κ2) is 7.02. The Morgan fingerprint density at radius 2 is 1.81 bits per heavy atom. The quantitative estimate of drug-likeness (QED) is 0.706. The van der Waals surface area contributed by atoms with Gasteiger partial charge in [-0.25, -0.2) is 0 Å². The van der Waals surface area contributed by atoms with Crippen molar-refractivity contribution >= 4 is 46.0 Å². The smallest absolute Gasteiger partial charge is 0.307 e. The Kier molecular flexibility index (Phi) is 4.94. The predicted octanol–water partition coefficient (Wildman–Crippen LogP) is 4.58. The van der Waals surface area contributed by atoms with Crippen LogP contribution in [0.1, 0.15) is 21.6 Å². The number of benzene rings is 2. The summed E-state index contributed by atoms with van der Waals surface area (Å²) in [5.74, 6) is -0.826. The average molecular weight is 392 g/mol. The van der Waals surface area contributed by atoms with Crippen LogP contribution in [0.3, 0.4) is 0 Å². The molecule has 5 nitrogen and oxygen atoms in total. The van der Waals surface area contributed by atoms with Crippen LogP contribution in [0.15, 0.2) is 36.4 Å². The molecule has 26 heavy (non-hydrogen) atoms. The number of hydrogen-bond donors (Lipinski definition) is 1. The van der Waals surface area contributed by atoms with Gasteiger partial charge >= 0.3 is 5.97 Å². The molecule has 1 heterocycles. The molecule has 0 saturated carbocycles. The molecule has 1 N–H and O–H groups in total. The number of ether oxygens (including phenoxy) is 1. The zero-order chi connectivity index (χ0) is 19.0. The molecule has 0 amide bonds. The van der Waals surface area contributed by atoms with Gasteiger partial charge in [0.2, 0.25) is 0 Å². The summed E-state index contributed by atoms with van der Waals surface area (Å²) >= 11 is 12.4. The molecule has 0 aliphatic heterocycles. The van der Waals surface area contributed by atoms with Crippen molar-refractivity contribution in [2.75, 3.05) is 7.11 Å². The molecule has 0 aliphatic rings. The molecule has 0 atom stereocenters. The molecule has 3 aromatic rings. The Labute approximate surface area is 159 Å². The molecule has 7 heteroatoms. The van der Waals surface area contributed by atoms with E-state index in [0.29, 0.717) is 27.9 Å². The van der Waals surface area contributed by atoms with Crippen LogP contribution in [0.5, 0.6) is 5.75 Å². The summed E-state index contributed by atoms with van der Waals surface area (Å²) in [4.78, 5) is 24.5. The SMILES string of the molecule is COc1ccc2c(c1)c(CC(=O)O)c(C)n2C(=O)c1c(Cl)cccc1Cl. The second-order valence-corrected chi connectivity index (χ2v) is 6.57. The first-order chi connectivity index (χ1) is 12.3. The summed E-state index contributed by atoms with van der Waals surface area (Å²) in [5, 5.41) is 10.4. The first-order valence-electron chi connectivity index (χ1n) is 7.73. The van der Waals surface area contributed by atoms with Gasteiger partial charge in [-0.15, -0.1) is 0 Å². The number of aliphatic carboxylic acids is 1. The first kappa shape index (κ1) is 18.3. The third-order valence-electron chi connectivity index (χ3n) is 4.25. The van der Waals surface area contributed by atoms with Crippen molar-refractivity contribution in [1.82, 2.24) is 4.57 Å². The van der Waals surface area contributed by atoms with E-state index in [1.165, 1.54) is 11.7 Å². The van der Waals surface area contributed by atoms with E-state index in [1.54, 1.807) is 43.3 Å². The van der Waals surface area contributed by atoms with E-state index in [4.69, 9.17) is 27.9 Å². The lowest BCUT2D eigenvalue weighted by Crippen LogP contribution is -2.15. The normalized spacial score (nSPS) is 10.9. The molecule has 1 aromatic heterocycles. The van der Waals surface area contributed by atoms with Crippen LogP contribution in [-0.2, 0) is 11.2 Å². The highest BCUT2D eigenvalue weighted by Crippen LogP contribution is 2.33. The number of carboxylic acids is 1. The molecule has 0 unspecified atom stereocenters. The third kappa shape index (κ3) is 3.04. The molecule has 2 aromatic carbocycles. The second-order valence-electron chi connectivity index (χ2n) is 5.75. The van der Waals surface area contributed by atoms with Crippen molar-refractivity contribution in [3.8, 4) is 5.75 Å². The van der Waals surface area contributed by atoms with E-state index < -0.39 is 11.9 Å². The molecule has 0 bridgehead atoms. The van der Waals surface area contributed by atoms with Gasteiger partial charge in [-0.1, -0.05) is 29.3 Å². The Bertz CT molecular complexity index is 1020. The van der Waals surface area contributed by atoms with Crippen LogP contribution >= 0.6 is 23.2 Å². The van der Waals surface area contributed by atoms with E-state index in [0.717, 1.165) is 0 Å². The Morgan fingerprint density at radius 3 is 2.38 bits per heavy atom.